The molecule has 0 aromatic carbocycles. The molecular weight excluding hydrogens is 339 g/mol. The summed E-state index contributed by atoms with van der Waals surface area (Å²) in [5.41, 5.74) is -0.856. The minimum atomic E-state index is -4.40. The maximum Gasteiger partial charge on any atom is 0.434 e. The van der Waals surface area contributed by atoms with Gasteiger partial charge in [-0.25, -0.2) is 9.98 Å². The molecule has 24 heavy (non-hydrogen) atoms. The van der Waals surface area contributed by atoms with Crippen LogP contribution in [0, 0.1) is 0 Å². The first-order chi connectivity index (χ1) is 11.3. The average molecular weight is 365 g/mol. The molecule has 1 unspecified atom stereocenters. The molecule has 1 aromatic rings. The van der Waals surface area contributed by atoms with E-state index >= 15 is 0 Å². The van der Waals surface area contributed by atoms with Crippen LogP contribution in [0.2, 0.25) is 0 Å². The molecule has 0 aliphatic rings. The van der Waals surface area contributed by atoms with Crippen molar-refractivity contribution >= 4 is 17.3 Å². The molecule has 0 bridgehead atoms. The third kappa shape index (κ3) is 6.64. The zero-order chi connectivity index (χ0) is 18.2. The Hall–Kier alpha value is -1.35. The van der Waals surface area contributed by atoms with E-state index < -0.39 is 11.9 Å². The smallest absolute Gasteiger partial charge is 0.357 e. The molecule has 0 saturated heterocycles. The van der Waals surface area contributed by atoms with Gasteiger partial charge in [0.15, 0.2) is 11.7 Å². The number of alkyl halides is 3. The van der Waals surface area contributed by atoms with E-state index in [0.29, 0.717) is 30.1 Å². The number of aliphatic imine (C=N–C) groups is 1. The Morgan fingerprint density at radius 1 is 1.29 bits per heavy atom. The number of nitrogens with zero attached hydrogens (tertiary/aromatic N) is 3. The molecule has 0 amide bonds. The highest BCUT2D eigenvalue weighted by Crippen LogP contribution is 2.30. The number of guanidine groups is 1. The summed E-state index contributed by atoms with van der Waals surface area (Å²) in [6, 6.07) is 0.334. The van der Waals surface area contributed by atoms with Crippen LogP contribution in [-0.2, 0) is 12.7 Å². The largest absolute Gasteiger partial charge is 0.434 e. The molecule has 2 N–H and O–H groups in total. The van der Waals surface area contributed by atoms with E-state index in [1.54, 1.807) is 0 Å². The molecule has 0 aliphatic heterocycles. The Morgan fingerprint density at radius 3 is 2.46 bits per heavy atom. The summed E-state index contributed by atoms with van der Waals surface area (Å²) in [6.07, 6.45) is -4.40. The molecule has 0 aliphatic carbocycles. The number of hydrogen-bond donors (Lipinski definition) is 2. The predicted octanol–water partition coefficient (Wildman–Crippen LogP) is 2.95. The number of likely N-dealkylation sites (N-methyl/N-ethyl adjacent to an activating group) is 1. The van der Waals surface area contributed by atoms with Crippen molar-refractivity contribution in [3.8, 4) is 0 Å². The summed E-state index contributed by atoms with van der Waals surface area (Å²) in [7, 11) is 0. The molecule has 1 atom stereocenters. The molecule has 0 fully saturated rings. The van der Waals surface area contributed by atoms with Gasteiger partial charge in [-0.2, -0.15) is 13.2 Å². The molecule has 1 rings (SSSR count). The number of halogens is 3. The zero-order valence-electron chi connectivity index (χ0n) is 14.6. The fourth-order valence-electron chi connectivity index (χ4n) is 2.22. The first kappa shape index (κ1) is 20.7. The Morgan fingerprint density at radius 2 is 1.96 bits per heavy atom. The van der Waals surface area contributed by atoms with Gasteiger partial charge in [0.25, 0.3) is 0 Å². The van der Waals surface area contributed by atoms with Gasteiger partial charge in [-0.05, 0) is 26.9 Å². The quantitative estimate of drug-likeness (QED) is 0.549. The van der Waals surface area contributed by atoms with Crippen molar-refractivity contribution in [1.82, 2.24) is 20.5 Å². The fraction of sp³-hybridized carbons (Fsp3) is 0.733. The van der Waals surface area contributed by atoms with Crippen molar-refractivity contribution in [2.45, 2.75) is 46.5 Å². The number of nitrogens with one attached hydrogen (secondary N) is 2. The van der Waals surface area contributed by atoms with Crippen LogP contribution >= 0.6 is 11.3 Å². The molecule has 9 heteroatoms. The van der Waals surface area contributed by atoms with Crippen LogP contribution in [0.1, 0.15) is 38.4 Å². The standard InChI is InChI=1S/C15H26F3N5S/c1-5-19-14(20-8-11(4)23(6-2)7-3)21-9-13-22-12(10-24-13)15(16,17)18/h10-11H,5-9H2,1-4H3,(H2,19,20,21). The molecule has 0 radical (unpaired) electrons. The maximum absolute atomic E-state index is 12.6. The zero-order valence-corrected chi connectivity index (χ0v) is 15.4. The predicted molar refractivity (Wildman–Crippen MR) is 92.3 cm³/mol. The molecular formula is C15H26F3N5S. The highest BCUT2D eigenvalue weighted by Gasteiger charge is 2.33. The maximum atomic E-state index is 12.6. The van der Waals surface area contributed by atoms with Gasteiger partial charge in [0.1, 0.15) is 5.01 Å². The van der Waals surface area contributed by atoms with Gasteiger partial charge < -0.3 is 10.6 Å². The third-order valence-electron chi connectivity index (χ3n) is 3.56. The van der Waals surface area contributed by atoms with Crippen LogP contribution in [0.4, 0.5) is 13.2 Å². The summed E-state index contributed by atoms with van der Waals surface area (Å²) in [5.74, 6) is 0.584. The topological polar surface area (TPSA) is 52.6 Å². The lowest BCUT2D eigenvalue weighted by Crippen LogP contribution is -2.45. The van der Waals surface area contributed by atoms with Gasteiger partial charge in [-0.3, -0.25) is 4.90 Å². The highest BCUT2D eigenvalue weighted by molar-refractivity contribution is 7.09. The first-order valence-corrected chi connectivity index (χ1v) is 8.97. The van der Waals surface area contributed by atoms with Crippen molar-refractivity contribution in [3.63, 3.8) is 0 Å². The molecule has 0 spiro atoms. The normalized spacial score (nSPS) is 14.1. The number of thiazole rings is 1. The Bertz CT molecular complexity index is 511. The summed E-state index contributed by atoms with van der Waals surface area (Å²) < 4.78 is 37.7. The second kappa shape index (κ2) is 9.83. The van der Waals surface area contributed by atoms with Crippen LogP contribution in [-0.4, -0.2) is 48.1 Å². The van der Waals surface area contributed by atoms with E-state index in [-0.39, 0.29) is 6.54 Å². The van der Waals surface area contributed by atoms with E-state index in [1.165, 1.54) is 0 Å². The van der Waals surface area contributed by atoms with E-state index in [9.17, 15) is 13.2 Å². The van der Waals surface area contributed by atoms with Crippen LogP contribution in [0.25, 0.3) is 0 Å². The molecule has 1 aromatic heterocycles. The van der Waals surface area contributed by atoms with Crippen LogP contribution in [0.5, 0.6) is 0 Å². The van der Waals surface area contributed by atoms with Crippen molar-refractivity contribution in [2.24, 2.45) is 4.99 Å². The lowest BCUT2D eigenvalue weighted by Gasteiger charge is -2.27. The van der Waals surface area contributed by atoms with Crippen LogP contribution in [0.15, 0.2) is 10.4 Å². The van der Waals surface area contributed by atoms with Crippen molar-refractivity contribution < 1.29 is 13.2 Å². The van der Waals surface area contributed by atoms with Gasteiger partial charge >= 0.3 is 6.18 Å². The van der Waals surface area contributed by atoms with Crippen molar-refractivity contribution in [3.05, 3.63) is 16.1 Å². The average Bonchev–Trinajstić information content (AvgIpc) is 3.00. The Balaban J connectivity index is 2.64. The first-order valence-electron chi connectivity index (χ1n) is 8.09. The second-order valence-electron chi connectivity index (χ2n) is 5.27. The fourth-order valence-corrected chi connectivity index (χ4v) is 2.95. The molecule has 0 saturated carbocycles. The number of aromatic nitrogens is 1. The minimum Gasteiger partial charge on any atom is -0.357 e. The molecule has 138 valence electrons. The number of hydrogen-bond acceptors (Lipinski definition) is 4. The van der Waals surface area contributed by atoms with Crippen molar-refractivity contribution in [2.75, 3.05) is 26.2 Å². The van der Waals surface area contributed by atoms with E-state index in [1.807, 2.05) is 6.92 Å². The van der Waals surface area contributed by atoms with Gasteiger partial charge in [-0.1, -0.05) is 13.8 Å². The lowest BCUT2D eigenvalue weighted by atomic mass is 10.3. The third-order valence-corrected chi connectivity index (χ3v) is 4.39. The van der Waals surface area contributed by atoms with Gasteiger partial charge in [0, 0.05) is 24.5 Å². The summed E-state index contributed by atoms with van der Waals surface area (Å²) in [4.78, 5) is 10.2. The minimum absolute atomic E-state index is 0.121. The SMILES string of the molecule is CCNC(=NCc1nc(C(F)(F)F)cs1)NCC(C)N(CC)CC. The van der Waals surface area contributed by atoms with Gasteiger partial charge in [0.2, 0.25) is 0 Å². The summed E-state index contributed by atoms with van der Waals surface area (Å²) in [5, 5.41) is 7.69. The van der Waals surface area contributed by atoms with Gasteiger partial charge in [-0.15, -0.1) is 11.3 Å². The van der Waals surface area contributed by atoms with Crippen molar-refractivity contribution in [1.29, 1.82) is 0 Å². The lowest BCUT2D eigenvalue weighted by molar-refractivity contribution is -0.140. The molecule has 5 nitrogen and oxygen atoms in total. The molecule has 1 heterocycles. The summed E-state index contributed by atoms with van der Waals surface area (Å²) in [6.45, 7) is 11.7. The van der Waals surface area contributed by atoms with E-state index in [4.69, 9.17) is 0 Å². The van der Waals surface area contributed by atoms with Gasteiger partial charge in [0.05, 0.1) is 6.54 Å². The van der Waals surface area contributed by atoms with Crippen LogP contribution < -0.4 is 10.6 Å². The van der Waals surface area contributed by atoms with Crippen LogP contribution in [0.3, 0.4) is 0 Å². The highest BCUT2D eigenvalue weighted by atomic mass is 32.1. The Kier molecular flexibility index (Phi) is 8.47. The number of rotatable bonds is 8. The Labute approximate surface area is 145 Å². The van der Waals surface area contributed by atoms with E-state index in [0.717, 1.165) is 29.8 Å². The van der Waals surface area contributed by atoms with E-state index in [2.05, 4.69) is 46.3 Å². The second-order valence-corrected chi connectivity index (χ2v) is 6.21. The summed E-state index contributed by atoms with van der Waals surface area (Å²) >= 11 is 0.971. The monoisotopic (exact) mass is 365 g/mol.